The molecule has 2 aliphatic heterocycles. The van der Waals surface area contributed by atoms with Crippen LogP contribution in [0.4, 0.5) is 5.69 Å². The van der Waals surface area contributed by atoms with Crippen LogP contribution in [0.5, 0.6) is 5.75 Å². The first-order valence-corrected chi connectivity index (χ1v) is 12.9. The maximum absolute atomic E-state index is 13.3. The summed E-state index contributed by atoms with van der Waals surface area (Å²) in [4.78, 5) is 15.2. The van der Waals surface area contributed by atoms with Crippen molar-refractivity contribution < 1.29 is 17.9 Å². The number of rotatable bonds is 5. The lowest BCUT2D eigenvalue weighted by Crippen LogP contribution is -2.46. The highest BCUT2D eigenvalue weighted by molar-refractivity contribution is 9.10. The van der Waals surface area contributed by atoms with Crippen molar-refractivity contribution in [3.63, 3.8) is 0 Å². The Labute approximate surface area is 196 Å². The molecule has 0 aromatic heterocycles. The van der Waals surface area contributed by atoms with Gasteiger partial charge in [0.1, 0.15) is 5.75 Å². The number of anilines is 1. The summed E-state index contributed by atoms with van der Waals surface area (Å²) in [6.07, 6.45) is 2.12. The fourth-order valence-corrected chi connectivity index (χ4v) is 6.50. The molecule has 1 fully saturated rings. The van der Waals surface area contributed by atoms with Crippen molar-refractivity contribution in [3.8, 4) is 5.75 Å². The van der Waals surface area contributed by atoms with Crippen LogP contribution in [0.15, 0.2) is 45.8 Å². The van der Waals surface area contributed by atoms with Crippen LogP contribution in [0, 0.1) is 5.92 Å². The third kappa shape index (κ3) is 4.49. The quantitative estimate of drug-likeness (QED) is 0.575. The highest BCUT2D eigenvalue weighted by Crippen LogP contribution is 2.34. The standard InChI is InChI=1S/C22H24BrClN2O4S/c1-2-30-21-8-6-18(13-19(21)24)31(28,29)25-10-3-4-16(14-25)22(27)26-11-9-15-12-17(23)5-7-20(15)26/h5-8,12-13,16H,2-4,9-11,14H2,1H3/t16-/m0/s1. The van der Waals surface area contributed by atoms with Crippen LogP contribution < -0.4 is 9.64 Å². The Bertz CT molecular complexity index is 1110. The summed E-state index contributed by atoms with van der Waals surface area (Å²) in [7, 11) is -3.76. The zero-order chi connectivity index (χ0) is 22.2. The third-order valence-electron chi connectivity index (χ3n) is 5.78. The normalized spacial score (nSPS) is 19.3. The van der Waals surface area contributed by atoms with Gasteiger partial charge in [-0.05, 0) is 68.1 Å². The molecule has 4 rings (SSSR count). The molecule has 1 amide bonds. The van der Waals surface area contributed by atoms with Crippen LogP contribution in [0.25, 0.3) is 0 Å². The molecule has 0 radical (unpaired) electrons. The second-order valence-corrected chi connectivity index (χ2v) is 11.0. The van der Waals surface area contributed by atoms with E-state index in [9.17, 15) is 13.2 Å². The molecule has 0 N–H and O–H groups in total. The molecule has 2 aliphatic rings. The number of sulfonamides is 1. The summed E-state index contributed by atoms with van der Waals surface area (Å²) in [5.41, 5.74) is 2.05. The molecule has 0 unspecified atom stereocenters. The van der Waals surface area contributed by atoms with E-state index in [4.69, 9.17) is 16.3 Å². The molecular formula is C22H24BrClN2O4S. The molecule has 0 aliphatic carbocycles. The van der Waals surface area contributed by atoms with E-state index in [1.165, 1.54) is 16.4 Å². The Morgan fingerprint density at radius 2 is 2.03 bits per heavy atom. The molecule has 0 bridgehead atoms. The second kappa shape index (κ2) is 9.10. The van der Waals surface area contributed by atoms with Crippen molar-refractivity contribution in [2.24, 2.45) is 5.92 Å². The van der Waals surface area contributed by atoms with Crippen molar-refractivity contribution in [2.75, 3.05) is 31.1 Å². The SMILES string of the molecule is CCOc1ccc(S(=O)(=O)N2CCC[C@H](C(=O)N3CCc4cc(Br)ccc43)C2)cc1Cl. The minimum absolute atomic E-state index is 0.00861. The number of hydrogen-bond donors (Lipinski definition) is 0. The van der Waals surface area contributed by atoms with Crippen LogP contribution in [-0.2, 0) is 21.2 Å². The van der Waals surface area contributed by atoms with E-state index in [0.29, 0.717) is 38.3 Å². The first-order valence-electron chi connectivity index (χ1n) is 10.3. The van der Waals surface area contributed by atoms with E-state index in [-0.39, 0.29) is 28.3 Å². The Morgan fingerprint density at radius 1 is 1.23 bits per heavy atom. The van der Waals surface area contributed by atoms with Crippen LogP contribution >= 0.6 is 27.5 Å². The highest BCUT2D eigenvalue weighted by atomic mass is 79.9. The van der Waals surface area contributed by atoms with Gasteiger partial charge in [-0.15, -0.1) is 0 Å². The van der Waals surface area contributed by atoms with Crippen LogP contribution in [0.1, 0.15) is 25.3 Å². The fraction of sp³-hybridized carbons (Fsp3) is 0.409. The Morgan fingerprint density at radius 3 is 2.77 bits per heavy atom. The summed E-state index contributed by atoms with van der Waals surface area (Å²) in [6.45, 7) is 3.47. The van der Waals surface area contributed by atoms with E-state index in [1.807, 2.05) is 25.1 Å². The first-order chi connectivity index (χ1) is 14.8. The van der Waals surface area contributed by atoms with E-state index < -0.39 is 10.0 Å². The summed E-state index contributed by atoms with van der Waals surface area (Å²) in [5, 5.41) is 0.257. The first kappa shape index (κ1) is 22.6. The Hall–Kier alpha value is -1.61. The van der Waals surface area contributed by atoms with E-state index in [1.54, 1.807) is 11.0 Å². The van der Waals surface area contributed by atoms with Gasteiger partial charge in [0.2, 0.25) is 15.9 Å². The van der Waals surface area contributed by atoms with Crippen LogP contribution in [0.2, 0.25) is 5.02 Å². The van der Waals surface area contributed by atoms with Crippen LogP contribution in [0.3, 0.4) is 0 Å². The zero-order valence-corrected chi connectivity index (χ0v) is 20.3. The number of carbonyl (C=O) groups is 1. The van der Waals surface area contributed by atoms with Crippen molar-refractivity contribution >= 4 is 49.1 Å². The van der Waals surface area contributed by atoms with E-state index in [2.05, 4.69) is 15.9 Å². The molecular weight excluding hydrogens is 504 g/mol. The van der Waals surface area contributed by atoms with E-state index in [0.717, 1.165) is 22.1 Å². The van der Waals surface area contributed by atoms with Crippen molar-refractivity contribution in [2.45, 2.75) is 31.1 Å². The highest BCUT2D eigenvalue weighted by Gasteiger charge is 2.37. The van der Waals surface area contributed by atoms with Crippen molar-refractivity contribution in [1.82, 2.24) is 4.31 Å². The summed E-state index contributed by atoms with van der Waals surface area (Å²) < 4.78 is 34.3. The van der Waals surface area contributed by atoms with Gasteiger partial charge in [0, 0.05) is 29.8 Å². The van der Waals surface area contributed by atoms with E-state index >= 15 is 0 Å². The lowest BCUT2D eigenvalue weighted by atomic mass is 9.98. The maximum Gasteiger partial charge on any atom is 0.243 e. The monoisotopic (exact) mass is 526 g/mol. The number of amides is 1. The molecule has 2 aromatic rings. The molecule has 166 valence electrons. The number of benzene rings is 2. The van der Waals surface area contributed by atoms with Gasteiger partial charge in [-0.2, -0.15) is 4.31 Å². The predicted molar refractivity (Wildman–Crippen MR) is 124 cm³/mol. The van der Waals surface area contributed by atoms with Gasteiger partial charge < -0.3 is 9.64 Å². The second-order valence-electron chi connectivity index (χ2n) is 7.74. The van der Waals surface area contributed by atoms with Gasteiger partial charge in [0.25, 0.3) is 0 Å². The molecule has 6 nitrogen and oxygen atoms in total. The van der Waals surface area contributed by atoms with Gasteiger partial charge in [-0.3, -0.25) is 4.79 Å². The third-order valence-corrected chi connectivity index (χ3v) is 8.43. The molecule has 1 atom stereocenters. The Balaban J connectivity index is 1.52. The number of hydrogen-bond acceptors (Lipinski definition) is 4. The van der Waals surface area contributed by atoms with Gasteiger partial charge in [0.15, 0.2) is 0 Å². The largest absolute Gasteiger partial charge is 0.492 e. The smallest absolute Gasteiger partial charge is 0.243 e. The number of nitrogens with zero attached hydrogens (tertiary/aromatic N) is 2. The molecule has 0 saturated carbocycles. The minimum atomic E-state index is -3.76. The summed E-state index contributed by atoms with van der Waals surface area (Å²) >= 11 is 9.68. The molecule has 1 saturated heterocycles. The molecule has 31 heavy (non-hydrogen) atoms. The number of fused-ring (bicyclic) bond motifs is 1. The summed E-state index contributed by atoms with van der Waals surface area (Å²) in [6, 6.07) is 10.4. The molecule has 2 heterocycles. The molecule has 0 spiro atoms. The Kier molecular flexibility index (Phi) is 6.62. The lowest BCUT2D eigenvalue weighted by molar-refractivity contribution is -0.123. The number of piperidine rings is 1. The van der Waals surface area contributed by atoms with Gasteiger partial charge >= 0.3 is 0 Å². The lowest BCUT2D eigenvalue weighted by Gasteiger charge is -2.33. The zero-order valence-electron chi connectivity index (χ0n) is 17.2. The average molecular weight is 528 g/mol. The molecule has 2 aromatic carbocycles. The fourth-order valence-electron chi connectivity index (χ4n) is 4.25. The van der Waals surface area contributed by atoms with Crippen molar-refractivity contribution in [3.05, 3.63) is 51.5 Å². The van der Waals surface area contributed by atoms with Crippen LogP contribution in [-0.4, -0.2) is 44.9 Å². The minimum Gasteiger partial charge on any atom is -0.492 e. The summed E-state index contributed by atoms with van der Waals surface area (Å²) in [5.74, 6) is 0.0798. The number of carbonyl (C=O) groups excluding carboxylic acids is 1. The van der Waals surface area contributed by atoms with Gasteiger partial charge in [0.05, 0.1) is 22.4 Å². The maximum atomic E-state index is 13.3. The molecule has 9 heteroatoms. The van der Waals surface area contributed by atoms with Gasteiger partial charge in [-0.25, -0.2) is 8.42 Å². The topological polar surface area (TPSA) is 66.9 Å². The predicted octanol–water partition coefficient (Wildman–Crippen LogP) is 4.49. The van der Waals surface area contributed by atoms with Gasteiger partial charge in [-0.1, -0.05) is 27.5 Å². The number of ether oxygens (including phenoxy) is 1. The van der Waals surface area contributed by atoms with Crippen molar-refractivity contribution in [1.29, 1.82) is 0 Å². The average Bonchev–Trinajstić information content (AvgIpc) is 3.17. The number of halogens is 2.